The summed E-state index contributed by atoms with van der Waals surface area (Å²) in [6.07, 6.45) is 7.23. The second kappa shape index (κ2) is 6.66. The van der Waals surface area contributed by atoms with Crippen molar-refractivity contribution in [2.24, 2.45) is 11.1 Å². The number of nitrogens with zero attached hydrogens (tertiary/aromatic N) is 2. The van der Waals surface area contributed by atoms with Crippen LogP contribution < -0.4 is 0 Å². The molecule has 2 aliphatic carbocycles. The molecule has 1 fully saturated rings. The van der Waals surface area contributed by atoms with Crippen LogP contribution in [0.3, 0.4) is 0 Å². The zero-order chi connectivity index (χ0) is 15.5. The summed E-state index contributed by atoms with van der Waals surface area (Å²) < 4.78 is 0. The fraction of sp³-hybridized carbons (Fsp3) is 0.526. The molecular formula is C19H26N2O. The molecule has 0 unspecified atom stereocenters. The molecule has 0 heterocycles. The highest BCUT2D eigenvalue weighted by atomic mass is 16.4. The van der Waals surface area contributed by atoms with Crippen molar-refractivity contribution in [2.75, 3.05) is 14.1 Å². The van der Waals surface area contributed by atoms with E-state index in [0.717, 1.165) is 25.1 Å². The van der Waals surface area contributed by atoms with Crippen LogP contribution in [0.1, 0.15) is 49.7 Å². The smallest absolute Gasteiger partial charge is 0.0876 e. The lowest BCUT2D eigenvalue weighted by molar-refractivity contribution is 0.319. The van der Waals surface area contributed by atoms with Crippen molar-refractivity contribution in [1.82, 2.24) is 4.90 Å². The molecule has 0 amide bonds. The number of hydrogen-bond acceptors (Lipinski definition) is 3. The van der Waals surface area contributed by atoms with Gasteiger partial charge in [-0.3, -0.25) is 0 Å². The molecule has 118 valence electrons. The predicted molar refractivity (Wildman–Crippen MR) is 91.2 cm³/mol. The van der Waals surface area contributed by atoms with E-state index in [1.807, 2.05) is 0 Å². The second-order valence-electron chi connectivity index (χ2n) is 6.87. The minimum atomic E-state index is 0.701. The Balaban J connectivity index is 1.99. The fourth-order valence-electron chi connectivity index (χ4n) is 4.01. The summed E-state index contributed by atoms with van der Waals surface area (Å²) in [5.74, 6) is 0.701. The Kier molecular flexibility index (Phi) is 4.63. The quantitative estimate of drug-likeness (QED) is 0.664. The van der Waals surface area contributed by atoms with Crippen molar-refractivity contribution >= 4 is 11.3 Å². The Morgan fingerprint density at radius 2 is 1.95 bits per heavy atom. The number of hydrogen-bond donors (Lipinski definition) is 1. The van der Waals surface area contributed by atoms with Crippen molar-refractivity contribution in [3.05, 3.63) is 41.0 Å². The number of allylic oxidation sites excluding steroid dienone is 2. The normalized spacial score (nSPS) is 21.5. The van der Waals surface area contributed by atoms with Gasteiger partial charge in [-0.2, -0.15) is 0 Å². The van der Waals surface area contributed by atoms with E-state index in [0.29, 0.717) is 5.92 Å². The Morgan fingerprint density at radius 1 is 1.18 bits per heavy atom. The standard InChI is InChI=1S/C19H26N2O/c1-21(2)13-14-6-5-9-16(12-14)19-17(10-11-18(19)20-22)15-7-3-4-8-15/h5-6,9,12,15,22H,3-4,7-8,10-11,13H2,1-2H3. The van der Waals surface area contributed by atoms with Crippen LogP contribution in [0, 0.1) is 5.92 Å². The van der Waals surface area contributed by atoms with Crippen molar-refractivity contribution in [2.45, 2.75) is 45.1 Å². The molecule has 22 heavy (non-hydrogen) atoms. The zero-order valence-corrected chi connectivity index (χ0v) is 13.7. The second-order valence-corrected chi connectivity index (χ2v) is 6.87. The largest absolute Gasteiger partial charge is 0.411 e. The van der Waals surface area contributed by atoms with Gasteiger partial charge < -0.3 is 10.1 Å². The lowest BCUT2D eigenvalue weighted by Crippen LogP contribution is -2.11. The molecule has 0 bridgehead atoms. The van der Waals surface area contributed by atoms with E-state index in [2.05, 4.69) is 48.4 Å². The number of benzene rings is 1. The van der Waals surface area contributed by atoms with Crippen molar-refractivity contribution < 1.29 is 5.21 Å². The van der Waals surface area contributed by atoms with Gasteiger partial charge in [0.15, 0.2) is 0 Å². The van der Waals surface area contributed by atoms with E-state index in [-0.39, 0.29) is 0 Å². The highest BCUT2D eigenvalue weighted by Crippen LogP contribution is 2.42. The maximum atomic E-state index is 9.42. The van der Waals surface area contributed by atoms with Crippen molar-refractivity contribution in [3.63, 3.8) is 0 Å². The molecule has 1 saturated carbocycles. The number of rotatable bonds is 4. The van der Waals surface area contributed by atoms with Gasteiger partial charge in [-0.25, -0.2) is 0 Å². The van der Waals surface area contributed by atoms with Crippen LogP contribution in [-0.2, 0) is 6.54 Å². The molecule has 0 radical (unpaired) electrons. The Morgan fingerprint density at radius 3 is 2.64 bits per heavy atom. The molecule has 1 aromatic carbocycles. The van der Waals surface area contributed by atoms with Gasteiger partial charge in [0.2, 0.25) is 0 Å². The van der Waals surface area contributed by atoms with Crippen LogP contribution in [0.15, 0.2) is 35.0 Å². The lowest BCUT2D eigenvalue weighted by Gasteiger charge is -2.16. The molecule has 0 spiro atoms. The van der Waals surface area contributed by atoms with E-state index in [1.54, 1.807) is 0 Å². The predicted octanol–water partition coefficient (Wildman–Crippen LogP) is 4.32. The Labute approximate surface area is 133 Å². The SMILES string of the molecule is CN(C)Cc1cccc(C2=C(C3CCCC3)CCC2=NO)c1. The topological polar surface area (TPSA) is 35.8 Å². The number of oxime groups is 1. The first kappa shape index (κ1) is 15.3. The van der Waals surface area contributed by atoms with Crippen molar-refractivity contribution in [1.29, 1.82) is 0 Å². The van der Waals surface area contributed by atoms with Crippen LogP contribution in [0.2, 0.25) is 0 Å². The van der Waals surface area contributed by atoms with Crippen LogP contribution in [-0.4, -0.2) is 29.9 Å². The monoisotopic (exact) mass is 298 g/mol. The Bertz CT molecular complexity index is 595. The zero-order valence-electron chi connectivity index (χ0n) is 13.7. The average molecular weight is 298 g/mol. The highest BCUT2D eigenvalue weighted by molar-refractivity contribution is 6.26. The first-order chi connectivity index (χ1) is 10.7. The molecule has 3 heteroatoms. The molecule has 0 saturated heterocycles. The summed E-state index contributed by atoms with van der Waals surface area (Å²) in [4.78, 5) is 2.18. The lowest BCUT2D eigenvalue weighted by atomic mass is 9.90. The van der Waals surface area contributed by atoms with Crippen molar-refractivity contribution in [3.8, 4) is 0 Å². The fourth-order valence-corrected chi connectivity index (χ4v) is 4.01. The molecule has 0 aromatic heterocycles. The van der Waals surface area contributed by atoms with E-state index in [4.69, 9.17) is 0 Å². The van der Waals surface area contributed by atoms with Crippen LogP contribution in [0.5, 0.6) is 0 Å². The third kappa shape index (κ3) is 3.09. The summed E-state index contributed by atoms with van der Waals surface area (Å²) in [5, 5.41) is 13.0. The van der Waals surface area contributed by atoms with E-state index >= 15 is 0 Å². The van der Waals surface area contributed by atoms with E-state index in [9.17, 15) is 5.21 Å². The molecule has 1 N–H and O–H groups in total. The van der Waals surface area contributed by atoms with Gasteiger partial charge in [-0.1, -0.05) is 41.8 Å². The van der Waals surface area contributed by atoms with Gasteiger partial charge >= 0.3 is 0 Å². The van der Waals surface area contributed by atoms with Crippen LogP contribution in [0.25, 0.3) is 5.57 Å². The third-order valence-electron chi connectivity index (χ3n) is 4.92. The van der Waals surface area contributed by atoms with E-state index < -0.39 is 0 Å². The summed E-state index contributed by atoms with van der Waals surface area (Å²) in [5.41, 5.74) is 6.18. The molecule has 3 rings (SSSR count). The Hall–Kier alpha value is -1.61. The van der Waals surface area contributed by atoms with Gasteiger partial charge in [0.05, 0.1) is 5.71 Å². The minimum Gasteiger partial charge on any atom is -0.411 e. The van der Waals surface area contributed by atoms with E-state index in [1.165, 1.54) is 48.0 Å². The molecule has 0 aliphatic heterocycles. The van der Waals surface area contributed by atoms with Gasteiger partial charge in [0, 0.05) is 12.1 Å². The molecular weight excluding hydrogens is 272 g/mol. The van der Waals surface area contributed by atoms with Crippen LogP contribution in [0.4, 0.5) is 0 Å². The minimum absolute atomic E-state index is 0.701. The van der Waals surface area contributed by atoms with Gasteiger partial charge in [-0.15, -0.1) is 0 Å². The van der Waals surface area contributed by atoms with Crippen LogP contribution >= 0.6 is 0 Å². The summed E-state index contributed by atoms with van der Waals surface area (Å²) in [6, 6.07) is 8.73. The maximum Gasteiger partial charge on any atom is 0.0876 e. The third-order valence-corrected chi connectivity index (χ3v) is 4.92. The average Bonchev–Trinajstić information content (AvgIpc) is 3.15. The molecule has 3 nitrogen and oxygen atoms in total. The summed E-state index contributed by atoms with van der Waals surface area (Å²) in [6.45, 7) is 0.936. The molecule has 2 aliphatic rings. The van der Waals surface area contributed by atoms with Gasteiger partial charge in [0.1, 0.15) is 0 Å². The summed E-state index contributed by atoms with van der Waals surface area (Å²) >= 11 is 0. The maximum absolute atomic E-state index is 9.42. The van der Waals surface area contributed by atoms with Gasteiger partial charge in [-0.05, 0) is 62.9 Å². The van der Waals surface area contributed by atoms with Gasteiger partial charge in [0.25, 0.3) is 0 Å². The first-order valence-electron chi connectivity index (χ1n) is 8.37. The first-order valence-corrected chi connectivity index (χ1v) is 8.37. The highest BCUT2D eigenvalue weighted by Gasteiger charge is 2.30. The molecule has 0 atom stereocenters. The molecule has 1 aromatic rings. The summed E-state index contributed by atoms with van der Waals surface area (Å²) in [7, 11) is 4.18.